The van der Waals surface area contributed by atoms with E-state index in [1.54, 1.807) is 22.6 Å². The lowest BCUT2D eigenvalue weighted by molar-refractivity contribution is -0.384. The van der Waals surface area contributed by atoms with Gasteiger partial charge in [-0.05, 0) is 41.4 Å². The molecule has 0 heterocycles. The first kappa shape index (κ1) is 11.6. The van der Waals surface area contributed by atoms with E-state index in [0.29, 0.717) is 12.5 Å². The predicted molar refractivity (Wildman–Crippen MR) is 67.0 cm³/mol. The SMILES string of the molecule is O=[N+]([O-])c1cc(I)c(F)cc1NCC1CC1. The number of nitrogens with one attached hydrogen (secondary N) is 1. The number of hydrogen-bond donors (Lipinski definition) is 1. The number of rotatable bonds is 4. The van der Waals surface area contributed by atoms with Crippen LogP contribution >= 0.6 is 22.6 Å². The molecule has 6 heteroatoms. The Morgan fingerprint density at radius 2 is 2.25 bits per heavy atom. The molecule has 0 aliphatic heterocycles. The molecule has 1 aliphatic carbocycles. The van der Waals surface area contributed by atoms with Gasteiger partial charge in [-0.2, -0.15) is 0 Å². The Bertz CT molecular complexity index is 435. The molecule has 1 saturated carbocycles. The van der Waals surface area contributed by atoms with Gasteiger partial charge in [0.1, 0.15) is 11.5 Å². The molecule has 2 rings (SSSR count). The van der Waals surface area contributed by atoms with Crippen LogP contribution in [0.15, 0.2) is 12.1 Å². The third kappa shape index (κ3) is 2.60. The van der Waals surface area contributed by atoms with Crippen molar-refractivity contribution in [3.63, 3.8) is 0 Å². The van der Waals surface area contributed by atoms with Gasteiger partial charge in [-0.15, -0.1) is 0 Å². The minimum atomic E-state index is -0.489. The zero-order valence-corrected chi connectivity index (χ0v) is 10.5. The molecule has 0 amide bonds. The van der Waals surface area contributed by atoms with E-state index in [4.69, 9.17) is 0 Å². The summed E-state index contributed by atoms with van der Waals surface area (Å²) in [4.78, 5) is 10.3. The van der Waals surface area contributed by atoms with E-state index < -0.39 is 10.7 Å². The Hall–Kier alpha value is -0.920. The van der Waals surface area contributed by atoms with E-state index in [1.807, 2.05) is 0 Å². The van der Waals surface area contributed by atoms with Gasteiger partial charge in [-0.3, -0.25) is 10.1 Å². The highest BCUT2D eigenvalue weighted by Crippen LogP contribution is 2.32. The number of anilines is 1. The maximum Gasteiger partial charge on any atom is 0.293 e. The Morgan fingerprint density at radius 3 is 2.81 bits per heavy atom. The van der Waals surface area contributed by atoms with E-state index in [9.17, 15) is 14.5 Å². The fourth-order valence-electron chi connectivity index (χ4n) is 1.41. The molecule has 16 heavy (non-hydrogen) atoms. The molecule has 86 valence electrons. The van der Waals surface area contributed by atoms with Crippen LogP contribution in [0.1, 0.15) is 12.8 Å². The van der Waals surface area contributed by atoms with Crippen LogP contribution in [0.25, 0.3) is 0 Å². The van der Waals surface area contributed by atoms with Gasteiger partial charge in [0.25, 0.3) is 5.69 Å². The molecule has 0 aromatic heterocycles. The first-order valence-electron chi connectivity index (χ1n) is 4.95. The minimum absolute atomic E-state index is 0.0635. The quantitative estimate of drug-likeness (QED) is 0.522. The summed E-state index contributed by atoms with van der Waals surface area (Å²) >= 11 is 1.75. The maximum absolute atomic E-state index is 13.3. The van der Waals surface area contributed by atoms with E-state index >= 15 is 0 Å². The summed E-state index contributed by atoms with van der Waals surface area (Å²) in [7, 11) is 0. The second-order valence-electron chi connectivity index (χ2n) is 3.86. The fraction of sp³-hybridized carbons (Fsp3) is 0.400. The van der Waals surface area contributed by atoms with Crippen LogP contribution in [0.4, 0.5) is 15.8 Å². The molecular formula is C10H10FIN2O2. The average Bonchev–Trinajstić information content (AvgIpc) is 3.02. The van der Waals surface area contributed by atoms with Crippen molar-refractivity contribution < 1.29 is 9.31 Å². The summed E-state index contributed by atoms with van der Waals surface area (Å²) in [6.45, 7) is 0.681. The average molecular weight is 336 g/mol. The topological polar surface area (TPSA) is 55.2 Å². The highest BCUT2D eigenvalue weighted by molar-refractivity contribution is 14.1. The number of nitrogens with zero attached hydrogens (tertiary/aromatic N) is 1. The van der Waals surface area contributed by atoms with Gasteiger partial charge >= 0.3 is 0 Å². The molecule has 1 N–H and O–H groups in total. The van der Waals surface area contributed by atoms with E-state index in [2.05, 4.69) is 5.32 Å². The van der Waals surface area contributed by atoms with Crippen molar-refractivity contribution in [3.8, 4) is 0 Å². The third-order valence-electron chi connectivity index (χ3n) is 2.51. The Balaban J connectivity index is 2.24. The number of benzene rings is 1. The lowest BCUT2D eigenvalue weighted by atomic mass is 10.2. The van der Waals surface area contributed by atoms with Crippen molar-refractivity contribution in [3.05, 3.63) is 31.6 Å². The van der Waals surface area contributed by atoms with Crippen LogP contribution in [0, 0.1) is 25.4 Å². The standard InChI is InChI=1S/C10H10FIN2O2/c11-7-3-9(13-5-6-1-2-6)10(14(15)16)4-8(7)12/h3-4,6,13H,1-2,5H2. The zero-order chi connectivity index (χ0) is 11.7. The van der Waals surface area contributed by atoms with Gasteiger partial charge in [-0.25, -0.2) is 4.39 Å². The second kappa shape index (κ2) is 4.52. The molecule has 0 atom stereocenters. The maximum atomic E-state index is 13.3. The number of nitro benzene ring substituents is 1. The second-order valence-corrected chi connectivity index (χ2v) is 5.03. The van der Waals surface area contributed by atoms with Crippen molar-refractivity contribution in [2.75, 3.05) is 11.9 Å². The molecule has 0 spiro atoms. The van der Waals surface area contributed by atoms with Gasteiger partial charge in [0, 0.05) is 18.7 Å². The lowest BCUT2D eigenvalue weighted by Crippen LogP contribution is -2.06. The van der Waals surface area contributed by atoms with E-state index in [0.717, 1.165) is 12.8 Å². The molecule has 1 aromatic rings. The van der Waals surface area contributed by atoms with Crippen molar-refractivity contribution in [1.82, 2.24) is 0 Å². The molecule has 1 fully saturated rings. The molecule has 4 nitrogen and oxygen atoms in total. The number of nitro groups is 1. The smallest absolute Gasteiger partial charge is 0.293 e. The van der Waals surface area contributed by atoms with Gasteiger partial charge in [0.15, 0.2) is 0 Å². The van der Waals surface area contributed by atoms with Gasteiger partial charge in [0.05, 0.1) is 8.49 Å². The molecule has 0 unspecified atom stereocenters. The van der Waals surface area contributed by atoms with Crippen molar-refractivity contribution >= 4 is 34.0 Å². The third-order valence-corrected chi connectivity index (χ3v) is 3.34. The Labute approximate surface area is 106 Å². The van der Waals surface area contributed by atoms with Crippen LogP contribution in [0.2, 0.25) is 0 Å². The van der Waals surface area contributed by atoms with Crippen LogP contribution in [0.3, 0.4) is 0 Å². The van der Waals surface area contributed by atoms with E-state index in [-0.39, 0.29) is 14.9 Å². The number of halogens is 2. The highest BCUT2D eigenvalue weighted by atomic mass is 127. The first-order chi connectivity index (χ1) is 7.58. The molecule has 1 aromatic carbocycles. The van der Waals surface area contributed by atoms with Crippen LogP contribution in [-0.2, 0) is 0 Å². The van der Waals surface area contributed by atoms with Gasteiger partial charge in [-0.1, -0.05) is 0 Å². The monoisotopic (exact) mass is 336 g/mol. The summed E-state index contributed by atoms with van der Waals surface area (Å²) in [6, 6.07) is 2.45. The fourth-order valence-corrected chi connectivity index (χ4v) is 1.86. The summed E-state index contributed by atoms with van der Waals surface area (Å²) in [6.07, 6.45) is 2.29. The summed E-state index contributed by atoms with van der Waals surface area (Å²) in [5.74, 6) is 0.159. The lowest BCUT2D eigenvalue weighted by Gasteiger charge is -2.07. The van der Waals surface area contributed by atoms with Gasteiger partial charge in [0.2, 0.25) is 0 Å². The van der Waals surface area contributed by atoms with Crippen molar-refractivity contribution in [2.45, 2.75) is 12.8 Å². The summed E-state index contributed by atoms with van der Waals surface area (Å²) in [5.41, 5.74) is 0.210. The van der Waals surface area contributed by atoms with Crippen LogP contribution in [-0.4, -0.2) is 11.5 Å². The van der Waals surface area contributed by atoms with Gasteiger partial charge < -0.3 is 5.32 Å². The van der Waals surface area contributed by atoms with Crippen molar-refractivity contribution in [1.29, 1.82) is 0 Å². The first-order valence-corrected chi connectivity index (χ1v) is 6.03. The molecule has 0 radical (unpaired) electrons. The Morgan fingerprint density at radius 1 is 1.56 bits per heavy atom. The molecule has 0 saturated heterocycles. The normalized spacial score (nSPS) is 14.9. The molecular weight excluding hydrogens is 326 g/mol. The number of hydrogen-bond acceptors (Lipinski definition) is 3. The zero-order valence-electron chi connectivity index (χ0n) is 8.37. The Kier molecular flexibility index (Phi) is 3.27. The van der Waals surface area contributed by atoms with E-state index in [1.165, 1.54) is 12.1 Å². The molecule has 1 aliphatic rings. The van der Waals surface area contributed by atoms with Crippen LogP contribution < -0.4 is 5.32 Å². The molecule has 0 bridgehead atoms. The summed E-state index contributed by atoms with van der Waals surface area (Å²) in [5, 5.41) is 13.7. The largest absolute Gasteiger partial charge is 0.379 e. The minimum Gasteiger partial charge on any atom is -0.379 e. The van der Waals surface area contributed by atoms with Crippen LogP contribution in [0.5, 0.6) is 0 Å². The highest BCUT2D eigenvalue weighted by Gasteiger charge is 2.23. The summed E-state index contributed by atoms with van der Waals surface area (Å²) < 4.78 is 13.6. The predicted octanol–water partition coefficient (Wildman–Crippen LogP) is 3.16. The van der Waals surface area contributed by atoms with Crippen molar-refractivity contribution in [2.24, 2.45) is 5.92 Å².